The minimum atomic E-state index is -4.46. The summed E-state index contributed by atoms with van der Waals surface area (Å²) in [6, 6.07) is 3.17. The number of rotatable bonds is 10. The molecule has 1 aromatic rings. The van der Waals surface area contributed by atoms with E-state index in [9.17, 15) is 18.0 Å². The minimum absolute atomic E-state index is 0.0708. The second-order valence-corrected chi connectivity index (χ2v) is 7.09. The van der Waals surface area contributed by atoms with Crippen molar-refractivity contribution in [3.8, 4) is 11.5 Å². The fourth-order valence-corrected chi connectivity index (χ4v) is 2.69. The summed E-state index contributed by atoms with van der Waals surface area (Å²) in [6.45, 7) is 3.26. The van der Waals surface area contributed by atoms with Crippen LogP contribution in [0.25, 0.3) is 0 Å². The van der Waals surface area contributed by atoms with Crippen LogP contribution in [0.2, 0.25) is 0 Å². The molecule has 1 rings (SSSR count). The molecule has 0 aliphatic heterocycles. The highest BCUT2D eigenvalue weighted by Crippen LogP contribution is 2.30. The zero-order valence-corrected chi connectivity index (χ0v) is 15.3. The molecule has 0 atom stereocenters. The molecule has 140 valence electrons. The standard InChI is InChI=1S/C17H24O7S/c1-3-4-5-6-7-8-9-17(19)24-15-11-10-14(25(20,21)22)12-16(15)23-13(2)18/h10-12H,3-9H2,1-2H3,(H,20,21,22). The van der Waals surface area contributed by atoms with Crippen molar-refractivity contribution in [1.82, 2.24) is 0 Å². The Hall–Kier alpha value is -1.93. The molecule has 0 radical (unpaired) electrons. The molecule has 25 heavy (non-hydrogen) atoms. The molecule has 0 aliphatic carbocycles. The molecule has 0 fully saturated rings. The highest BCUT2D eigenvalue weighted by molar-refractivity contribution is 7.85. The van der Waals surface area contributed by atoms with Crippen LogP contribution < -0.4 is 9.47 Å². The van der Waals surface area contributed by atoms with E-state index < -0.39 is 27.0 Å². The third kappa shape index (κ3) is 8.13. The Morgan fingerprint density at radius 1 is 1.00 bits per heavy atom. The second kappa shape index (κ2) is 10.1. The number of unbranched alkanes of at least 4 members (excludes halogenated alkanes) is 5. The molecule has 1 N–H and O–H groups in total. The van der Waals surface area contributed by atoms with Gasteiger partial charge in [0, 0.05) is 19.4 Å². The molecular weight excluding hydrogens is 348 g/mol. The van der Waals surface area contributed by atoms with Crippen LogP contribution in [0.4, 0.5) is 0 Å². The van der Waals surface area contributed by atoms with Gasteiger partial charge < -0.3 is 9.47 Å². The van der Waals surface area contributed by atoms with Crippen molar-refractivity contribution >= 4 is 22.1 Å². The van der Waals surface area contributed by atoms with Crippen LogP contribution in [-0.2, 0) is 19.7 Å². The molecular formula is C17H24O7S. The molecule has 8 heteroatoms. The van der Waals surface area contributed by atoms with E-state index in [4.69, 9.17) is 14.0 Å². The highest BCUT2D eigenvalue weighted by Gasteiger charge is 2.17. The van der Waals surface area contributed by atoms with Gasteiger partial charge in [-0.3, -0.25) is 14.1 Å². The Kier molecular flexibility index (Phi) is 8.57. The van der Waals surface area contributed by atoms with Crippen LogP contribution in [0.5, 0.6) is 11.5 Å². The lowest BCUT2D eigenvalue weighted by molar-refractivity contribution is -0.136. The molecule has 0 spiro atoms. The zero-order chi connectivity index (χ0) is 18.9. The average Bonchev–Trinajstić information content (AvgIpc) is 2.51. The first-order valence-corrected chi connectivity index (χ1v) is 9.68. The van der Waals surface area contributed by atoms with Gasteiger partial charge in [0.2, 0.25) is 0 Å². The van der Waals surface area contributed by atoms with Crippen molar-refractivity contribution < 1.29 is 32.0 Å². The summed E-state index contributed by atoms with van der Waals surface area (Å²) in [4.78, 5) is 22.6. The molecule has 7 nitrogen and oxygen atoms in total. The van der Waals surface area contributed by atoms with Crippen LogP contribution in [0.3, 0.4) is 0 Å². The minimum Gasteiger partial charge on any atom is -0.423 e. The molecule has 0 amide bonds. The van der Waals surface area contributed by atoms with Crippen LogP contribution in [-0.4, -0.2) is 24.9 Å². The quantitative estimate of drug-likeness (QED) is 0.290. The maximum absolute atomic E-state index is 11.9. The molecule has 0 saturated carbocycles. The number of hydrogen-bond donors (Lipinski definition) is 1. The summed E-state index contributed by atoms with van der Waals surface area (Å²) in [5.41, 5.74) is 0. The molecule has 0 unspecified atom stereocenters. The monoisotopic (exact) mass is 372 g/mol. The van der Waals surface area contributed by atoms with E-state index in [1.165, 1.54) is 12.5 Å². The van der Waals surface area contributed by atoms with Crippen LogP contribution in [0.15, 0.2) is 23.1 Å². The smallest absolute Gasteiger partial charge is 0.311 e. The average molecular weight is 372 g/mol. The third-order valence-electron chi connectivity index (χ3n) is 3.42. The maximum Gasteiger partial charge on any atom is 0.311 e. The second-order valence-electron chi connectivity index (χ2n) is 5.67. The Balaban J connectivity index is 2.70. The fraction of sp³-hybridized carbons (Fsp3) is 0.529. The first-order valence-electron chi connectivity index (χ1n) is 8.24. The van der Waals surface area contributed by atoms with Crippen molar-refractivity contribution in [2.24, 2.45) is 0 Å². The Labute approximate surface area is 148 Å². The zero-order valence-electron chi connectivity index (χ0n) is 14.5. The predicted octanol–water partition coefficient (Wildman–Crippen LogP) is 3.51. The third-order valence-corrected chi connectivity index (χ3v) is 4.27. The van der Waals surface area contributed by atoms with E-state index in [0.29, 0.717) is 6.42 Å². The first kappa shape index (κ1) is 21.1. The van der Waals surface area contributed by atoms with E-state index in [-0.39, 0.29) is 17.9 Å². The van der Waals surface area contributed by atoms with Crippen LogP contribution in [0, 0.1) is 0 Å². The van der Waals surface area contributed by atoms with E-state index in [0.717, 1.165) is 44.7 Å². The van der Waals surface area contributed by atoms with Crippen molar-refractivity contribution in [2.45, 2.75) is 63.7 Å². The summed E-state index contributed by atoms with van der Waals surface area (Å²) in [5, 5.41) is 0. The summed E-state index contributed by atoms with van der Waals surface area (Å²) in [6.07, 6.45) is 6.35. The number of carbonyl (C=O) groups excluding carboxylic acids is 2. The summed E-state index contributed by atoms with van der Waals surface area (Å²) in [7, 11) is -4.46. The lowest BCUT2D eigenvalue weighted by atomic mass is 10.1. The molecule has 0 saturated heterocycles. The van der Waals surface area contributed by atoms with E-state index in [1.807, 2.05) is 0 Å². The molecule has 0 heterocycles. The van der Waals surface area contributed by atoms with Crippen molar-refractivity contribution in [3.05, 3.63) is 18.2 Å². The SMILES string of the molecule is CCCCCCCCC(=O)Oc1ccc(S(=O)(=O)O)cc1OC(C)=O. The molecule has 0 bridgehead atoms. The van der Waals surface area contributed by atoms with E-state index in [1.54, 1.807) is 0 Å². The van der Waals surface area contributed by atoms with E-state index >= 15 is 0 Å². The number of ether oxygens (including phenoxy) is 2. The fourth-order valence-electron chi connectivity index (χ4n) is 2.19. The van der Waals surface area contributed by atoms with Gasteiger partial charge in [-0.2, -0.15) is 8.42 Å². The van der Waals surface area contributed by atoms with Gasteiger partial charge in [-0.05, 0) is 18.6 Å². The Morgan fingerprint density at radius 2 is 1.64 bits per heavy atom. The summed E-state index contributed by atoms with van der Waals surface area (Å²) >= 11 is 0. The van der Waals surface area contributed by atoms with Gasteiger partial charge in [0.1, 0.15) is 0 Å². The van der Waals surface area contributed by atoms with Gasteiger partial charge in [0.15, 0.2) is 11.5 Å². The lowest BCUT2D eigenvalue weighted by Gasteiger charge is -2.10. The number of benzene rings is 1. The van der Waals surface area contributed by atoms with Gasteiger partial charge in [0.25, 0.3) is 10.1 Å². The summed E-state index contributed by atoms with van der Waals surface area (Å²) in [5.74, 6) is -1.51. The first-order chi connectivity index (χ1) is 11.7. The van der Waals surface area contributed by atoms with E-state index in [2.05, 4.69) is 6.92 Å². The number of hydrogen-bond acceptors (Lipinski definition) is 6. The maximum atomic E-state index is 11.9. The number of carbonyl (C=O) groups is 2. The normalized spacial score (nSPS) is 11.2. The van der Waals surface area contributed by atoms with Crippen molar-refractivity contribution in [1.29, 1.82) is 0 Å². The summed E-state index contributed by atoms with van der Waals surface area (Å²) < 4.78 is 41.4. The topological polar surface area (TPSA) is 107 Å². The van der Waals surface area contributed by atoms with Crippen molar-refractivity contribution in [2.75, 3.05) is 0 Å². The van der Waals surface area contributed by atoms with Gasteiger partial charge in [-0.15, -0.1) is 0 Å². The van der Waals surface area contributed by atoms with Crippen LogP contribution >= 0.6 is 0 Å². The Morgan fingerprint density at radius 3 is 2.24 bits per heavy atom. The van der Waals surface area contributed by atoms with Crippen LogP contribution in [0.1, 0.15) is 58.8 Å². The number of esters is 2. The molecule has 0 aromatic heterocycles. The highest BCUT2D eigenvalue weighted by atomic mass is 32.2. The van der Waals surface area contributed by atoms with Gasteiger partial charge >= 0.3 is 11.9 Å². The predicted molar refractivity (Wildman–Crippen MR) is 91.2 cm³/mol. The molecule has 1 aromatic carbocycles. The molecule has 0 aliphatic rings. The van der Waals surface area contributed by atoms with Gasteiger partial charge in [0.05, 0.1) is 4.90 Å². The largest absolute Gasteiger partial charge is 0.423 e. The van der Waals surface area contributed by atoms with Crippen molar-refractivity contribution in [3.63, 3.8) is 0 Å². The van der Waals surface area contributed by atoms with Gasteiger partial charge in [-0.25, -0.2) is 0 Å². The van der Waals surface area contributed by atoms with Gasteiger partial charge in [-0.1, -0.05) is 39.0 Å². The Bertz CT molecular complexity index is 695. The lowest BCUT2D eigenvalue weighted by Crippen LogP contribution is -2.11.